The van der Waals surface area contributed by atoms with Crippen molar-refractivity contribution in [2.45, 2.75) is 13.0 Å². The summed E-state index contributed by atoms with van der Waals surface area (Å²) >= 11 is 6.17. The molecule has 0 radical (unpaired) electrons. The number of hydrogen-bond acceptors (Lipinski definition) is 7. The highest BCUT2D eigenvalue weighted by Gasteiger charge is 2.46. The minimum Gasteiger partial charge on any atom is -0.503 e. The number of aryl methyl sites for hydroxylation is 1. The summed E-state index contributed by atoms with van der Waals surface area (Å²) in [5.41, 5.74) is 3.11. The zero-order valence-corrected chi connectivity index (χ0v) is 20.4. The third kappa shape index (κ3) is 3.63. The number of carbonyl (C=O) groups is 2. The van der Waals surface area contributed by atoms with Crippen LogP contribution in [0.5, 0.6) is 5.75 Å². The van der Waals surface area contributed by atoms with Crippen molar-refractivity contribution in [3.8, 4) is 5.75 Å². The largest absolute Gasteiger partial charge is 0.503 e. The van der Waals surface area contributed by atoms with Gasteiger partial charge in [-0.05, 0) is 54.4 Å². The number of pyridine rings is 1. The first kappa shape index (κ1) is 22.8. The number of ketones is 1. The van der Waals surface area contributed by atoms with Gasteiger partial charge in [0.2, 0.25) is 11.7 Å². The molecule has 1 atom stereocenters. The molecule has 0 spiro atoms. The van der Waals surface area contributed by atoms with Crippen LogP contribution in [0.25, 0.3) is 22.0 Å². The SMILES string of the molecule is COc1cc(Cl)cc2cc(C(=O)C3=C(O)C(=O)N(c4nc5ccc(C)cc5[nH]4)C3c3ccncc3)oc12. The Labute approximate surface area is 215 Å². The Bertz CT molecular complexity index is 1760. The maximum Gasteiger partial charge on any atom is 0.296 e. The van der Waals surface area contributed by atoms with Gasteiger partial charge in [-0.1, -0.05) is 17.7 Å². The molecule has 1 aliphatic heterocycles. The molecule has 0 saturated carbocycles. The summed E-state index contributed by atoms with van der Waals surface area (Å²) in [7, 11) is 1.46. The number of halogens is 1. The number of hydrogen-bond donors (Lipinski definition) is 2. The average molecular weight is 515 g/mol. The molecule has 37 heavy (non-hydrogen) atoms. The summed E-state index contributed by atoms with van der Waals surface area (Å²) in [5, 5.41) is 12.0. The number of benzene rings is 2. The minimum atomic E-state index is -0.983. The molecule has 1 aliphatic rings. The molecule has 2 aromatic carbocycles. The molecule has 5 aromatic rings. The van der Waals surface area contributed by atoms with E-state index < -0.39 is 23.5 Å². The first-order valence-electron chi connectivity index (χ1n) is 11.3. The maximum atomic E-state index is 13.8. The average Bonchev–Trinajstić information content (AvgIpc) is 3.57. The van der Waals surface area contributed by atoms with Crippen molar-refractivity contribution in [2.75, 3.05) is 12.0 Å². The van der Waals surface area contributed by atoms with Crippen LogP contribution in [-0.4, -0.2) is 38.9 Å². The second-order valence-corrected chi connectivity index (χ2v) is 9.10. The zero-order chi connectivity index (χ0) is 25.8. The number of amides is 1. The van der Waals surface area contributed by atoms with Crippen LogP contribution in [0.15, 0.2) is 76.7 Å². The molecular weight excluding hydrogens is 496 g/mol. The number of H-pyrrole nitrogens is 1. The molecule has 10 heteroatoms. The van der Waals surface area contributed by atoms with Crippen LogP contribution in [0.2, 0.25) is 5.02 Å². The maximum absolute atomic E-state index is 13.8. The number of furan rings is 1. The smallest absolute Gasteiger partial charge is 0.296 e. The fraction of sp³-hybridized carbons (Fsp3) is 0.111. The van der Waals surface area contributed by atoms with Gasteiger partial charge in [-0.3, -0.25) is 19.5 Å². The zero-order valence-electron chi connectivity index (χ0n) is 19.7. The molecule has 0 aliphatic carbocycles. The normalized spacial score (nSPS) is 15.8. The van der Waals surface area contributed by atoms with E-state index in [2.05, 4.69) is 15.0 Å². The molecule has 3 aromatic heterocycles. The number of anilines is 1. The molecule has 0 fully saturated rings. The number of Topliss-reactive ketones (excluding diaryl/α,β-unsaturated/α-hetero) is 1. The summed E-state index contributed by atoms with van der Waals surface area (Å²) in [4.78, 5) is 40.3. The first-order valence-corrected chi connectivity index (χ1v) is 11.7. The number of methoxy groups -OCH3 is 1. The Kier molecular flexibility index (Phi) is 5.24. The second-order valence-electron chi connectivity index (χ2n) is 8.67. The molecule has 0 bridgehead atoms. The molecule has 2 N–H and O–H groups in total. The van der Waals surface area contributed by atoms with Crippen LogP contribution >= 0.6 is 11.6 Å². The number of aromatic nitrogens is 3. The van der Waals surface area contributed by atoms with Gasteiger partial charge >= 0.3 is 0 Å². The number of imidazole rings is 1. The first-order chi connectivity index (χ1) is 17.9. The number of ether oxygens (including phenoxy) is 1. The van der Waals surface area contributed by atoms with Crippen LogP contribution in [0.4, 0.5) is 5.95 Å². The van der Waals surface area contributed by atoms with E-state index >= 15 is 0 Å². The van der Waals surface area contributed by atoms with Gasteiger partial charge < -0.3 is 19.2 Å². The molecule has 1 unspecified atom stereocenters. The third-order valence-corrected chi connectivity index (χ3v) is 6.54. The standard InChI is InChI=1S/C27H19ClN4O5/c1-13-3-4-17-18(9-13)31-27(30-17)32-22(14-5-7-29-8-6-14)21(24(34)26(32)35)23(33)19-11-15-10-16(28)12-20(36-2)25(15)37-19/h3-12,22,34H,1-2H3,(H,30,31). The van der Waals surface area contributed by atoms with Crippen LogP contribution in [0.1, 0.15) is 27.7 Å². The Morgan fingerprint density at radius 2 is 1.95 bits per heavy atom. The van der Waals surface area contributed by atoms with Gasteiger partial charge in [0.05, 0.1) is 29.8 Å². The van der Waals surface area contributed by atoms with Crippen LogP contribution in [0.3, 0.4) is 0 Å². The van der Waals surface area contributed by atoms with Gasteiger partial charge in [0.15, 0.2) is 22.9 Å². The number of fused-ring (bicyclic) bond motifs is 2. The van der Waals surface area contributed by atoms with Crippen LogP contribution < -0.4 is 9.64 Å². The van der Waals surface area contributed by atoms with Crippen molar-refractivity contribution < 1.29 is 23.8 Å². The minimum absolute atomic E-state index is 0.0777. The summed E-state index contributed by atoms with van der Waals surface area (Å²) in [5.74, 6) is -1.64. The molecule has 184 valence electrons. The lowest BCUT2D eigenvalue weighted by Crippen LogP contribution is -2.32. The van der Waals surface area contributed by atoms with E-state index in [4.69, 9.17) is 20.8 Å². The van der Waals surface area contributed by atoms with E-state index in [9.17, 15) is 14.7 Å². The second kappa shape index (κ2) is 8.49. The van der Waals surface area contributed by atoms with E-state index in [1.165, 1.54) is 18.1 Å². The van der Waals surface area contributed by atoms with E-state index in [0.29, 0.717) is 32.8 Å². The van der Waals surface area contributed by atoms with Crippen molar-refractivity contribution in [3.63, 3.8) is 0 Å². The van der Waals surface area contributed by atoms with Gasteiger partial charge in [0.1, 0.15) is 0 Å². The predicted octanol–water partition coefficient (Wildman–Crippen LogP) is 5.46. The summed E-state index contributed by atoms with van der Waals surface area (Å²) in [6.45, 7) is 1.94. The Hall–Kier alpha value is -4.63. The van der Waals surface area contributed by atoms with Crippen LogP contribution in [-0.2, 0) is 4.79 Å². The molecule has 1 amide bonds. The summed E-state index contributed by atoms with van der Waals surface area (Å²) in [6.07, 6.45) is 3.09. The van der Waals surface area contributed by atoms with Crippen LogP contribution in [0, 0.1) is 6.92 Å². The van der Waals surface area contributed by atoms with E-state index in [1.807, 2.05) is 25.1 Å². The summed E-state index contributed by atoms with van der Waals surface area (Å²) in [6, 6.07) is 12.7. The van der Waals surface area contributed by atoms with Gasteiger partial charge in [0.25, 0.3) is 5.91 Å². The van der Waals surface area contributed by atoms with E-state index in [1.54, 1.807) is 36.7 Å². The predicted molar refractivity (Wildman–Crippen MR) is 137 cm³/mol. The highest BCUT2D eigenvalue weighted by molar-refractivity contribution is 6.31. The summed E-state index contributed by atoms with van der Waals surface area (Å²) < 4.78 is 11.2. The van der Waals surface area contributed by atoms with Gasteiger partial charge in [0, 0.05) is 28.9 Å². The van der Waals surface area contributed by atoms with Crippen molar-refractivity contribution in [1.29, 1.82) is 0 Å². The van der Waals surface area contributed by atoms with E-state index in [-0.39, 0.29) is 17.3 Å². The molecule has 6 rings (SSSR count). The number of aliphatic hydroxyl groups is 1. The molecule has 0 saturated heterocycles. The number of rotatable bonds is 5. The fourth-order valence-electron chi connectivity index (χ4n) is 4.62. The highest BCUT2D eigenvalue weighted by Crippen LogP contribution is 2.42. The Morgan fingerprint density at radius 3 is 2.70 bits per heavy atom. The number of aliphatic hydroxyl groups excluding tert-OH is 1. The lowest BCUT2D eigenvalue weighted by Gasteiger charge is -2.24. The number of aromatic amines is 1. The third-order valence-electron chi connectivity index (χ3n) is 6.32. The highest BCUT2D eigenvalue weighted by atomic mass is 35.5. The quantitative estimate of drug-likeness (QED) is 0.299. The monoisotopic (exact) mass is 514 g/mol. The lowest BCUT2D eigenvalue weighted by molar-refractivity contribution is -0.117. The number of carbonyl (C=O) groups excluding carboxylic acids is 2. The number of nitrogens with one attached hydrogen (secondary N) is 1. The molecule has 9 nitrogen and oxygen atoms in total. The van der Waals surface area contributed by atoms with Crippen molar-refractivity contribution in [3.05, 3.63) is 94.2 Å². The molecular formula is C27H19ClN4O5. The van der Waals surface area contributed by atoms with Gasteiger partial charge in [-0.2, -0.15) is 0 Å². The van der Waals surface area contributed by atoms with Crippen molar-refractivity contribution in [1.82, 2.24) is 15.0 Å². The van der Waals surface area contributed by atoms with Crippen molar-refractivity contribution in [2.24, 2.45) is 0 Å². The topological polar surface area (TPSA) is 122 Å². The van der Waals surface area contributed by atoms with Crippen molar-refractivity contribution >= 4 is 51.2 Å². The Morgan fingerprint density at radius 1 is 1.16 bits per heavy atom. The lowest BCUT2D eigenvalue weighted by atomic mass is 9.96. The van der Waals surface area contributed by atoms with E-state index in [0.717, 1.165) is 11.1 Å². The molecule has 4 heterocycles. The fourth-order valence-corrected chi connectivity index (χ4v) is 4.84. The van der Waals surface area contributed by atoms with Gasteiger partial charge in [-0.15, -0.1) is 0 Å². The number of nitrogens with zero attached hydrogens (tertiary/aromatic N) is 3. The van der Waals surface area contributed by atoms with Gasteiger partial charge in [-0.25, -0.2) is 4.98 Å². The Balaban J connectivity index is 1.50.